The lowest BCUT2D eigenvalue weighted by molar-refractivity contribution is 0.499. The fraction of sp³-hybridized carbons (Fsp3) is 0.471. The van der Waals surface area contributed by atoms with Crippen molar-refractivity contribution in [1.82, 2.24) is 9.78 Å². The van der Waals surface area contributed by atoms with Crippen LogP contribution in [0.4, 0.5) is 0 Å². The van der Waals surface area contributed by atoms with Gasteiger partial charge in [0.15, 0.2) is 0 Å². The number of benzene rings is 1. The minimum atomic E-state index is 0.0915. The van der Waals surface area contributed by atoms with Gasteiger partial charge in [0.1, 0.15) is 0 Å². The molecule has 0 saturated carbocycles. The molecule has 0 fully saturated rings. The van der Waals surface area contributed by atoms with Crippen molar-refractivity contribution >= 4 is 15.9 Å². The Labute approximate surface area is 135 Å². The maximum absolute atomic E-state index is 6.52. The zero-order valence-electron chi connectivity index (χ0n) is 13.0. The highest BCUT2D eigenvalue weighted by Gasteiger charge is 2.22. The quantitative estimate of drug-likeness (QED) is 0.861. The van der Waals surface area contributed by atoms with Gasteiger partial charge in [-0.15, -0.1) is 0 Å². The van der Waals surface area contributed by atoms with Crippen LogP contribution < -0.4 is 5.73 Å². The molecule has 2 aromatic rings. The number of rotatable bonds is 6. The monoisotopic (exact) mass is 349 g/mol. The smallest absolute Gasteiger partial charge is 0.0766 e. The van der Waals surface area contributed by atoms with E-state index in [1.165, 1.54) is 11.3 Å². The van der Waals surface area contributed by atoms with Gasteiger partial charge >= 0.3 is 0 Å². The lowest BCUT2D eigenvalue weighted by atomic mass is 9.87. The van der Waals surface area contributed by atoms with E-state index in [1.54, 1.807) is 0 Å². The number of aromatic nitrogens is 2. The predicted octanol–water partition coefficient (Wildman–Crippen LogP) is 3.81. The molecular formula is C17H24BrN3. The standard InChI is InChI=1S/C17H24BrN3/c1-4-13(12-9-7-6-8-10-12)14(19)11-16-17(18)15(5-2)20-21(16)3/h6-10,13-14H,4-5,11,19H2,1-3H3. The molecule has 1 aromatic carbocycles. The molecule has 4 heteroatoms. The van der Waals surface area contributed by atoms with Crippen LogP contribution in [0.3, 0.4) is 0 Å². The van der Waals surface area contributed by atoms with E-state index in [0.717, 1.165) is 29.4 Å². The molecule has 0 spiro atoms. The SMILES string of the molecule is CCc1nn(C)c(CC(N)C(CC)c2ccccc2)c1Br. The highest BCUT2D eigenvalue weighted by molar-refractivity contribution is 9.10. The van der Waals surface area contributed by atoms with Gasteiger partial charge in [-0.25, -0.2) is 0 Å². The first-order chi connectivity index (χ1) is 10.1. The average molecular weight is 350 g/mol. The summed E-state index contributed by atoms with van der Waals surface area (Å²) in [4.78, 5) is 0. The molecule has 2 rings (SSSR count). The second-order valence-corrected chi connectivity index (χ2v) is 6.27. The molecule has 0 aliphatic rings. The minimum Gasteiger partial charge on any atom is -0.327 e. The van der Waals surface area contributed by atoms with E-state index in [4.69, 9.17) is 5.73 Å². The van der Waals surface area contributed by atoms with Crippen LogP contribution in [0.1, 0.15) is 43.1 Å². The molecule has 0 saturated heterocycles. The number of aryl methyl sites for hydroxylation is 2. The molecule has 3 nitrogen and oxygen atoms in total. The maximum Gasteiger partial charge on any atom is 0.0766 e. The van der Waals surface area contributed by atoms with Crippen molar-refractivity contribution in [2.75, 3.05) is 0 Å². The Balaban J connectivity index is 2.20. The number of hydrogen-bond donors (Lipinski definition) is 1. The molecular weight excluding hydrogens is 326 g/mol. The van der Waals surface area contributed by atoms with Gasteiger partial charge in [0.05, 0.1) is 15.9 Å². The van der Waals surface area contributed by atoms with Crippen LogP contribution in [0.25, 0.3) is 0 Å². The lowest BCUT2D eigenvalue weighted by Gasteiger charge is -2.23. The van der Waals surface area contributed by atoms with Gasteiger partial charge in [0, 0.05) is 19.5 Å². The van der Waals surface area contributed by atoms with Crippen LogP contribution in [-0.4, -0.2) is 15.8 Å². The first kappa shape index (κ1) is 16.2. The highest BCUT2D eigenvalue weighted by atomic mass is 79.9. The second-order valence-electron chi connectivity index (χ2n) is 5.48. The van der Waals surface area contributed by atoms with E-state index in [2.05, 4.69) is 59.1 Å². The fourth-order valence-corrected chi connectivity index (χ4v) is 3.67. The largest absolute Gasteiger partial charge is 0.327 e. The van der Waals surface area contributed by atoms with Crippen molar-refractivity contribution < 1.29 is 0 Å². The van der Waals surface area contributed by atoms with Crippen molar-refractivity contribution in [2.24, 2.45) is 12.8 Å². The van der Waals surface area contributed by atoms with Gasteiger partial charge in [0.25, 0.3) is 0 Å². The van der Waals surface area contributed by atoms with Crippen molar-refractivity contribution in [3.05, 3.63) is 51.8 Å². The summed E-state index contributed by atoms with van der Waals surface area (Å²) in [6.45, 7) is 4.32. The Morgan fingerprint density at radius 2 is 1.90 bits per heavy atom. The summed E-state index contributed by atoms with van der Waals surface area (Å²) in [6, 6.07) is 10.6. The topological polar surface area (TPSA) is 43.8 Å². The van der Waals surface area contributed by atoms with Crippen LogP contribution in [0, 0.1) is 0 Å². The summed E-state index contributed by atoms with van der Waals surface area (Å²) in [7, 11) is 2.00. The Hall–Kier alpha value is -1.13. The summed E-state index contributed by atoms with van der Waals surface area (Å²) in [5, 5.41) is 4.55. The number of halogens is 1. The van der Waals surface area contributed by atoms with Crippen LogP contribution in [0.15, 0.2) is 34.8 Å². The van der Waals surface area contributed by atoms with Crippen LogP contribution in [0.5, 0.6) is 0 Å². The first-order valence-corrected chi connectivity index (χ1v) is 8.38. The van der Waals surface area contributed by atoms with Crippen LogP contribution in [0.2, 0.25) is 0 Å². The van der Waals surface area contributed by atoms with E-state index < -0.39 is 0 Å². The first-order valence-electron chi connectivity index (χ1n) is 7.59. The molecule has 2 N–H and O–H groups in total. The maximum atomic E-state index is 6.52. The molecule has 114 valence electrons. The summed E-state index contributed by atoms with van der Waals surface area (Å²) in [6.07, 6.45) is 2.80. The molecule has 0 aliphatic carbocycles. The molecule has 0 aliphatic heterocycles. The van der Waals surface area contributed by atoms with Crippen molar-refractivity contribution in [3.8, 4) is 0 Å². The summed E-state index contributed by atoms with van der Waals surface area (Å²) in [5.74, 6) is 0.373. The molecule has 1 aromatic heterocycles. The number of hydrogen-bond acceptors (Lipinski definition) is 2. The van der Waals surface area contributed by atoms with Gasteiger partial charge in [-0.05, 0) is 40.3 Å². The van der Waals surface area contributed by atoms with Gasteiger partial charge in [-0.2, -0.15) is 5.10 Å². The third kappa shape index (κ3) is 3.55. The van der Waals surface area contributed by atoms with E-state index in [9.17, 15) is 0 Å². The zero-order valence-corrected chi connectivity index (χ0v) is 14.6. The van der Waals surface area contributed by atoms with Crippen molar-refractivity contribution in [3.63, 3.8) is 0 Å². The fourth-order valence-electron chi connectivity index (χ4n) is 2.89. The third-order valence-electron chi connectivity index (χ3n) is 4.12. The van der Waals surface area contributed by atoms with Gasteiger partial charge < -0.3 is 5.73 Å². The summed E-state index contributed by atoms with van der Waals surface area (Å²) < 4.78 is 3.08. The van der Waals surface area contributed by atoms with Crippen LogP contribution in [-0.2, 0) is 19.9 Å². The zero-order chi connectivity index (χ0) is 15.4. The summed E-state index contributed by atoms with van der Waals surface area (Å²) in [5.41, 5.74) is 10.1. The Morgan fingerprint density at radius 3 is 2.43 bits per heavy atom. The summed E-state index contributed by atoms with van der Waals surface area (Å²) >= 11 is 3.68. The van der Waals surface area contributed by atoms with Crippen LogP contribution >= 0.6 is 15.9 Å². The van der Waals surface area contributed by atoms with Crippen molar-refractivity contribution in [2.45, 2.75) is 45.1 Å². The Kier molecular flexibility index (Phi) is 5.59. The van der Waals surface area contributed by atoms with Crippen molar-refractivity contribution in [1.29, 1.82) is 0 Å². The van der Waals surface area contributed by atoms with Gasteiger partial charge in [-0.1, -0.05) is 44.2 Å². The predicted molar refractivity (Wildman–Crippen MR) is 91.4 cm³/mol. The van der Waals surface area contributed by atoms with E-state index in [1.807, 2.05) is 17.8 Å². The minimum absolute atomic E-state index is 0.0915. The molecule has 2 atom stereocenters. The molecule has 2 unspecified atom stereocenters. The molecule has 1 heterocycles. The Bertz CT molecular complexity index is 577. The Morgan fingerprint density at radius 1 is 1.24 bits per heavy atom. The number of nitrogens with two attached hydrogens (primary N) is 1. The molecule has 0 amide bonds. The van der Waals surface area contributed by atoms with E-state index >= 15 is 0 Å². The second kappa shape index (κ2) is 7.23. The normalized spacial score (nSPS) is 14.1. The van der Waals surface area contributed by atoms with Gasteiger partial charge in [0.2, 0.25) is 0 Å². The lowest BCUT2D eigenvalue weighted by Crippen LogP contribution is -2.31. The van der Waals surface area contributed by atoms with Gasteiger partial charge in [-0.3, -0.25) is 4.68 Å². The van der Waals surface area contributed by atoms with E-state index in [0.29, 0.717) is 5.92 Å². The molecule has 0 radical (unpaired) electrons. The third-order valence-corrected chi connectivity index (χ3v) is 5.03. The number of nitrogens with zero attached hydrogens (tertiary/aromatic N) is 2. The highest BCUT2D eigenvalue weighted by Crippen LogP contribution is 2.28. The van der Waals surface area contributed by atoms with E-state index in [-0.39, 0.29) is 6.04 Å². The average Bonchev–Trinajstić information content (AvgIpc) is 2.76. The molecule has 21 heavy (non-hydrogen) atoms. The molecule has 0 bridgehead atoms.